The molecule has 0 N–H and O–H groups in total. The van der Waals surface area contributed by atoms with Gasteiger partial charge in [0.1, 0.15) is 12.4 Å². The van der Waals surface area contributed by atoms with E-state index in [1.807, 2.05) is 37.3 Å². The Morgan fingerprint density at radius 1 is 0.981 bits per heavy atom. The van der Waals surface area contributed by atoms with Gasteiger partial charge in [0.25, 0.3) is 5.56 Å². The third-order valence-corrected chi connectivity index (χ3v) is 10.6. The molecule has 0 spiro atoms. The van der Waals surface area contributed by atoms with E-state index < -0.39 is 18.0 Å². The van der Waals surface area contributed by atoms with Gasteiger partial charge in [0.15, 0.2) is 22.9 Å². The van der Waals surface area contributed by atoms with Gasteiger partial charge in [0.2, 0.25) is 0 Å². The number of hydrogen-bond donors (Lipinski definition) is 0. The highest BCUT2D eigenvalue weighted by atomic mass is 127. The predicted molar refractivity (Wildman–Crippen MR) is 211 cm³/mol. The number of allylic oxidation sites excluding steroid dienone is 1. The Kier molecular flexibility index (Phi) is 11.8. The van der Waals surface area contributed by atoms with Gasteiger partial charge in [-0.2, -0.15) is 0 Å². The van der Waals surface area contributed by atoms with E-state index in [1.165, 1.54) is 23.0 Å². The van der Waals surface area contributed by atoms with Crippen molar-refractivity contribution in [2.45, 2.75) is 33.4 Å². The number of carbonyl (C=O) groups excluding carboxylic acids is 2. The first-order valence-electron chi connectivity index (χ1n) is 16.4. The third kappa shape index (κ3) is 7.81. The van der Waals surface area contributed by atoms with Gasteiger partial charge >= 0.3 is 11.9 Å². The minimum absolute atomic E-state index is 0.145. The quantitative estimate of drug-likeness (QED) is 0.0988. The molecule has 0 amide bonds. The zero-order valence-corrected chi connectivity index (χ0v) is 33.3. The lowest BCUT2D eigenvalue weighted by atomic mass is 9.95. The molecule has 10 nitrogen and oxygen atoms in total. The maximum Gasteiger partial charge on any atom is 0.343 e. The zero-order chi connectivity index (χ0) is 36.9. The summed E-state index contributed by atoms with van der Waals surface area (Å²) in [7, 11) is 1.28. The highest BCUT2D eigenvalue weighted by Crippen LogP contribution is 2.37. The maximum atomic E-state index is 14.3. The van der Waals surface area contributed by atoms with E-state index in [-0.39, 0.29) is 24.3 Å². The SMILES string of the molecule is CCOC(=O)C1=C(C)N=c2s/c(=C\c3cc(Br)c(OCc4cccc5ccccc45)c(I)c3)c(=O)n2[C@H]1c1ccc(OCC(=O)OC)c(OCC)c1. The summed E-state index contributed by atoms with van der Waals surface area (Å²) in [5.41, 5.74) is 2.78. The van der Waals surface area contributed by atoms with E-state index in [2.05, 4.69) is 62.8 Å². The van der Waals surface area contributed by atoms with E-state index in [9.17, 15) is 14.4 Å². The summed E-state index contributed by atoms with van der Waals surface area (Å²) < 4.78 is 31.5. The Hall–Kier alpha value is -4.47. The van der Waals surface area contributed by atoms with Crippen LogP contribution in [-0.4, -0.2) is 43.4 Å². The van der Waals surface area contributed by atoms with Gasteiger partial charge in [-0.3, -0.25) is 9.36 Å². The summed E-state index contributed by atoms with van der Waals surface area (Å²) in [6.07, 6.45) is 1.81. The molecule has 1 atom stereocenters. The Labute approximate surface area is 325 Å². The molecular weight excluding hydrogens is 863 g/mol. The second kappa shape index (κ2) is 16.5. The number of hydrogen-bond acceptors (Lipinski definition) is 10. The predicted octanol–water partition coefficient (Wildman–Crippen LogP) is 6.85. The molecule has 1 aliphatic heterocycles. The lowest BCUT2D eigenvalue weighted by Gasteiger charge is -2.25. The summed E-state index contributed by atoms with van der Waals surface area (Å²) in [5, 5.41) is 2.29. The van der Waals surface area contributed by atoms with Crippen molar-refractivity contribution >= 4 is 78.6 Å². The number of rotatable bonds is 12. The number of benzene rings is 4. The number of esters is 2. The van der Waals surface area contributed by atoms with E-state index in [4.69, 9.17) is 28.7 Å². The number of nitrogens with zero attached hydrogens (tertiary/aromatic N) is 2. The van der Waals surface area contributed by atoms with Crippen LogP contribution in [0, 0.1) is 3.57 Å². The molecule has 4 aromatic carbocycles. The highest BCUT2D eigenvalue weighted by Gasteiger charge is 2.34. The molecule has 1 aromatic heterocycles. The molecule has 6 rings (SSSR count). The topological polar surface area (TPSA) is 115 Å². The monoisotopic (exact) mass is 896 g/mol. The fourth-order valence-electron chi connectivity index (χ4n) is 5.91. The number of halogens is 2. The number of ether oxygens (including phenoxy) is 5. The molecule has 0 saturated heterocycles. The van der Waals surface area contributed by atoms with Gasteiger partial charge in [0, 0.05) is 0 Å². The fraction of sp³-hybridized carbons (Fsp3) is 0.231. The van der Waals surface area contributed by atoms with Crippen LogP contribution < -0.4 is 29.1 Å². The van der Waals surface area contributed by atoms with E-state index >= 15 is 0 Å². The van der Waals surface area contributed by atoms with Crippen LogP contribution in [0.4, 0.5) is 0 Å². The van der Waals surface area contributed by atoms with Crippen molar-refractivity contribution in [1.29, 1.82) is 0 Å². The van der Waals surface area contributed by atoms with Crippen LogP contribution in [0.25, 0.3) is 16.8 Å². The smallest absolute Gasteiger partial charge is 0.343 e. The number of methoxy groups -OCH3 is 1. The summed E-state index contributed by atoms with van der Waals surface area (Å²) in [4.78, 5) is 44.6. The van der Waals surface area contributed by atoms with Crippen LogP contribution >= 0.6 is 49.9 Å². The summed E-state index contributed by atoms with van der Waals surface area (Å²) in [5.74, 6) is 0.222. The molecule has 1 aliphatic rings. The number of thiazole rings is 1. The molecule has 0 saturated carbocycles. The van der Waals surface area contributed by atoms with Crippen molar-refractivity contribution in [3.05, 3.63) is 128 Å². The normalized spacial score (nSPS) is 14.1. The largest absolute Gasteiger partial charge is 0.490 e. The van der Waals surface area contributed by atoms with Crippen molar-refractivity contribution in [3.63, 3.8) is 0 Å². The third-order valence-electron chi connectivity index (χ3n) is 8.24. The average Bonchev–Trinajstić information content (AvgIpc) is 3.43. The maximum absolute atomic E-state index is 14.3. The van der Waals surface area contributed by atoms with Crippen LogP contribution in [0.3, 0.4) is 0 Å². The van der Waals surface area contributed by atoms with Gasteiger partial charge in [-0.15, -0.1) is 0 Å². The Morgan fingerprint density at radius 3 is 2.52 bits per heavy atom. The van der Waals surface area contributed by atoms with E-state index in [0.29, 0.717) is 51.1 Å². The van der Waals surface area contributed by atoms with Crippen LogP contribution in [0.1, 0.15) is 43.5 Å². The van der Waals surface area contributed by atoms with Crippen LogP contribution in [0.5, 0.6) is 17.2 Å². The highest BCUT2D eigenvalue weighted by molar-refractivity contribution is 14.1. The van der Waals surface area contributed by atoms with Gasteiger partial charge in [-0.05, 0) is 117 Å². The molecule has 52 heavy (non-hydrogen) atoms. The van der Waals surface area contributed by atoms with Crippen molar-refractivity contribution in [1.82, 2.24) is 4.57 Å². The van der Waals surface area contributed by atoms with Crippen molar-refractivity contribution in [2.75, 3.05) is 26.9 Å². The van der Waals surface area contributed by atoms with Crippen LogP contribution in [0.2, 0.25) is 0 Å². The van der Waals surface area contributed by atoms with Gasteiger partial charge < -0.3 is 23.7 Å². The summed E-state index contributed by atoms with van der Waals surface area (Å²) in [6, 6.07) is 22.4. The second-order valence-electron chi connectivity index (χ2n) is 11.5. The van der Waals surface area contributed by atoms with Crippen molar-refractivity contribution in [3.8, 4) is 17.2 Å². The fourth-order valence-corrected chi connectivity index (χ4v) is 8.72. The lowest BCUT2D eigenvalue weighted by Crippen LogP contribution is -2.40. The molecule has 268 valence electrons. The first-order chi connectivity index (χ1) is 25.1. The van der Waals surface area contributed by atoms with E-state index in [0.717, 1.165) is 29.9 Å². The second-order valence-corrected chi connectivity index (χ2v) is 14.6. The molecule has 13 heteroatoms. The van der Waals surface area contributed by atoms with Gasteiger partial charge in [-0.25, -0.2) is 14.6 Å². The number of aromatic nitrogens is 1. The molecule has 0 radical (unpaired) electrons. The molecule has 0 aliphatic carbocycles. The first kappa shape index (κ1) is 37.3. The van der Waals surface area contributed by atoms with Crippen molar-refractivity contribution in [2.24, 2.45) is 4.99 Å². The lowest BCUT2D eigenvalue weighted by molar-refractivity contribution is -0.143. The van der Waals surface area contributed by atoms with Crippen molar-refractivity contribution < 1.29 is 33.3 Å². The molecule has 0 bridgehead atoms. The van der Waals surface area contributed by atoms with E-state index in [1.54, 1.807) is 38.1 Å². The summed E-state index contributed by atoms with van der Waals surface area (Å²) >= 11 is 7.15. The molecule has 5 aromatic rings. The van der Waals surface area contributed by atoms with Gasteiger partial charge in [-0.1, -0.05) is 59.9 Å². The Balaban J connectivity index is 1.38. The average molecular weight is 898 g/mol. The zero-order valence-electron chi connectivity index (χ0n) is 28.7. The molecule has 0 fully saturated rings. The molecular formula is C39H34BrIN2O8S. The van der Waals surface area contributed by atoms with Gasteiger partial charge in [0.05, 0.1) is 50.2 Å². The number of carbonyl (C=O) groups is 2. The summed E-state index contributed by atoms with van der Waals surface area (Å²) in [6.45, 7) is 5.79. The number of fused-ring (bicyclic) bond motifs is 2. The standard InChI is InChI=1S/C39H34BrIN2O8S/c1-5-48-31-19-25(14-15-30(31)50-21-33(44)47-4)35-34(38(46)49-6-2)22(3)42-39-43(35)37(45)32(52-39)18-23-16-28(40)36(29(41)17-23)51-20-26-12-9-11-24-10-7-8-13-27(24)26/h7-19,35H,5-6,20-21H2,1-4H3/b32-18-/t35-/m0/s1. The minimum Gasteiger partial charge on any atom is -0.490 e. The molecule has 2 heterocycles. The molecule has 0 unspecified atom stereocenters. The Bertz CT molecular complexity index is 2380. The van der Waals surface area contributed by atoms with Crippen LogP contribution in [0.15, 0.2) is 98.3 Å². The van der Waals surface area contributed by atoms with Crippen LogP contribution in [-0.2, 0) is 25.7 Å². The minimum atomic E-state index is -0.872. The Morgan fingerprint density at radius 2 is 1.77 bits per heavy atom. The first-order valence-corrected chi connectivity index (χ1v) is 19.1.